The highest BCUT2D eigenvalue weighted by atomic mass is 28.4. The van der Waals surface area contributed by atoms with Crippen LogP contribution in [0, 0.1) is 0 Å². The first-order chi connectivity index (χ1) is 45.2. The number of carbonyl (C=O) groups excluding carboxylic acids is 3. The Morgan fingerprint density at radius 2 is 0.473 bits per heavy atom. The Morgan fingerprint density at radius 1 is 0.290 bits per heavy atom. The smallest absolute Gasteiger partial charge is 0.394 e. The fourth-order valence-electron chi connectivity index (χ4n) is 12.7. The van der Waals surface area contributed by atoms with E-state index in [1.54, 1.807) is 0 Å². The second-order valence-corrected chi connectivity index (χ2v) is 31.7. The number of rotatable bonds is 74. The van der Waals surface area contributed by atoms with E-state index in [9.17, 15) is 45.0 Å². The standard InChI is InChI=1S/C76H154N4O12Si/c1-7-12-17-22-27-32-37-42-47-52-58-80(6,59-53-48-43-38-33-28-23-18-13-8-2)60-54-61-93(90-68-74(62-81,63-82)77-71(87)55-49-44-39-34-29-24-19-14-9-3,91-69-75(64-83,65-84)78-72(88)56-50-45-40-35-30-25-20-15-10-4)92-70-76(66-85,67-86)79-73(89)57-51-46-41-36-31-26-21-16-11-5/h81-86H,7-70H2,1-6H3,(H2-,77,78,79,87,88,89)/p+1. The number of unbranched alkanes of at least 4 members (excludes halogenated alkanes) is 42. The van der Waals surface area contributed by atoms with Gasteiger partial charge in [0.05, 0.1) is 86.1 Å². The average molecular weight is 1350 g/mol. The molecule has 0 rings (SSSR count). The van der Waals surface area contributed by atoms with Crippen LogP contribution in [-0.2, 0) is 27.7 Å². The van der Waals surface area contributed by atoms with Crippen molar-refractivity contribution in [3.63, 3.8) is 0 Å². The molecule has 93 heavy (non-hydrogen) atoms. The predicted octanol–water partition coefficient (Wildman–Crippen LogP) is 15.9. The molecule has 554 valence electrons. The van der Waals surface area contributed by atoms with Crippen LogP contribution < -0.4 is 16.0 Å². The Morgan fingerprint density at radius 3 is 0.677 bits per heavy atom. The first-order valence-electron chi connectivity index (χ1n) is 39.5. The SMILES string of the molecule is CCCCCCCCCCCC[N+](C)(CCCCCCCCCCCC)CCC[Si](OCC(CO)(CO)NC(=O)CCCCCCCCCCC)(OCC(CO)(CO)NC(=O)CCCCCCCCCCC)OCC(CO)(CO)NC(=O)CCCCCCCCCCC. The van der Waals surface area contributed by atoms with E-state index in [-0.39, 0.29) is 43.0 Å². The summed E-state index contributed by atoms with van der Waals surface area (Å²) in [6.07, 6.45) is 54.9. The van der Waals surface area contributed by atoms with E-state index in [1.807, 2.05) is 0 Å². The molecule has 0 spiro atoms. The molecule has 0 aromatic rings. The van der Waals surface area contributed by atoms with Crippen LogP contribution in [0.1, 0.15) is 362 Å². The van der Waals surface area contributed by atoms with Gasteiger partial charge in [-0.15, -0.1) is 0 Å². The molecule has 0 aromatic carbocycles. The molecule has 0 heterocycles. The van der Waals surface area contributed by atoms with E-state index in [0.717, 1.165) is 101 Å². The summed E-state index contributed by atoms with van der Waals surface area (Å²) < 4.78 is 21.7. The Balaban J connectivity index is 7.35. The maximum Gasteiger partial charge on any atom is 0.501 e. The molecule has 0 saturated heterocycles. The van der Waals surface area contributed by atoms with E-state index in [4.69, 9.17) is 13.3 Å². The summed E-state index contributed by atoms with van der Waals surface area (Å²) in [5, 5.41) is 75.7. The summed E-state index contributed by atoms with van der Waals surface area (Å²) in [4.78, 5) is 41.4. The minimum atomic E-state index is -4.40. The normalized spacial score (nSPS) is 12.5. The van der Waals surface area contributed by atoms with Crippen molar-refractivity contribution in [2.75, 3.05) is 86.1 Å². The Bertz CT molecular complexity index is 1510. The molecule has 16 nitrogen and oxygen atoms in total. The molecule has 0 unspecified atom stereocenters. The number of nitrogens with one attached hydrogen (secondary N) is 3. The fraction of sp³-hybridized carbons (Fsp3) is 0.961. The maximum absolute atomic E-state index is 13.8. The molecule has 9 N–H and O–H groups in total. The molecule has 0 saturated carbocycles. The van der Waals surface area contributed by atoms with Crippen molar-refractivity contribution in [2.45, 2.75) is 385 Å². The molecule has 0 bridgehead atoms. The van der Waals surface area contributed by atoms with Crippen LogP contribution >= 0.6 is 0 Å². The number of nitrogens with zero attached hydrogens (tertiary/aromatic N) is 1. The Kier molecular flexibility index (Phi) is 61.3. The number of quaternary nitrogens is 1. The zero-order valence-corrected chi connectivity index (χ0v) is 62.8. The van der Waals surface area contributed by atoms with Crippen LogP contribution in [0.2, 0.25) is 6.04 Å². The number of carbonyl (C=O) groups is 3. The molecule has 0 aromatic heterocycles. The van der Waals surface area contributed by atoms with Gasteiger partial charge in [0.2, 0.25) is 17.7 Å². The van der Waals surface area contributed by atoms with Gasteiger partial charge < -0.3 is 64.4 Å². The molecule has 0 aliphatic heterocycles. The van der Waals surface area contributed by atoms with Gasteiger partial charge in [-0.25, -0.2) is 0 Å². The van der Waals surface area contributed by atoms with E-state index in [1.165, 1.54) is 199 Å². The summed E-state index contributed by atoms with van der Waals surface area (Å²) in [7, 11) is -2.07. The molecule has 3 amide bonds. The van der Waals surface area contributed by atoms with Gasteiger partial charge in [0.15, 0.2) is 0 Å². The number of aliphatic hydroxyl groups is 6. The summed E-state index contributed by atoms with van der Waals surface area (Å²) in [5.74, 6) is -1.06. The molecule has 17 heteroatoms. The second-order valence-electron chi connectivity index (χ2n) is 29.0. The average Bonchev–Trinajstić information content (AvgIpc) is 0.869. The topological polar surface area (TPSA) is 236 Å². The van der Waals surface area contributed by atoms with Gasteiger partial charge in [-0.05, 0) is 44.9 Å². The predicted molar refractivity (Wildman–Crippen MR) is 388 cm³/mol. The Labute approximate surface area is 573 Å². The zero-order chi connectivity index (χ0) is 68.7. The maximum atomic E-state index is 13.8. The van der Waals surface area contributed by atoms with Crippen LogP contribution in [0.25, 0.3) is 0 Å². The molecule has 0 radical (unpaired) electrons. The zero-order valence-electron chi connectivity index (χ0n) is 61.8. The van der Waals surface area contributed by atoms with E-state index < -0.39 is 84.9 Å². The van der Waals surface area contributed by atoms with Crippen molar-refractivity contribution in [2.24, 2.45) is 0 Å². The van der Waals surface area contributed by atoms with Crippen molar-refractivity contribution < 1.29 is 62.8 Å². The third-order valence-corrected chi connectivity index (χ3v) is 22.3. The van der Waals surface area contributed by atoms with Gasteiger partial charge in [0, 0.05) is 31.7 Å². The van der Waals surface area contributed by atoms with Gasteiger partial charge in [0.1, 0.15) is 16.6 Å². The Hall–Kier alpha value is -1.77. The van der Waals surface area contributed by atoms with Crippen molar-refractivity contribution in [1.82, 2.24) is 16.0 Å². The summed E-state index contributed by atoms with van der Waals surface area (Å²) in [6, 6.07) is 0.134. The lowest BCUT2D eigenvalue weighted by atomic mass is 10.0. The highest BCUT2D eigenvalue weighted by Crippen LogP contribution is 2.28. The molecule has 0 aliphatic carbocycles. The second kappa shape index (κ2) is 62.5. The fourth-order valence-corrected chi connectivity index (χ4v) is 15.5. The van der Waals surface area contributed by atoms with Crippen LogP contribution in [0.4, 0.5) is 0 Å². The molecular weight excluding hydrogens is 1190 g/mol. The largest absolute Gasteiger partial charge is 0.501 e. The lowest BCUT2D eigenvalue weighted by Gasteiger charge is -2.41. The van der Waals surface area contributed by atoms with E-state index in [2.05, 4.69) is 57.6 Å². The minimum absolute atomic E-state index is 0.134. The van der Waals surface area contributed by atoms with Crippen LogP contribution in [0.3, 0.4) is 0 Å². The number of hydrogen-bond acceptors (Lipinski definition) is 12. The van der Waals surface area contributed by atoms with Crippen LogP contribution in [0.15, 0.2) is 0 Å². The van der Waals surface area contributed by atoms with Gasteiger partial charge in [-0.1, -0.05) is 291 Å². The van der Waals surface area contributed by atoms with Crippen molar-refractivity contribution in [3.8, 4) is 0 Å². The van der Waals surface area contributed by atoms with E-state index >= 15 is 0 Å². The van der Waals surface area contributed by atoms with Crippen molar-refractivity contribution in [1.29, 1.82) is 0 Å². The highest BCUT2D eigenvalue weighted by molar-refractivity contribution is 6.60. The quantitative estimate of drug-likeness (QED) is 0.0157. The van der Waals surface area contributed by atoms with Gasteiger partial charge in [0.25, 0.3) is 0 Å². The van der Waals surface area contributed by atoms with Gasteiger partial charge in [-0.3, -0.25) is 14.4 Å². The third kappa shape index (κ3) is 49.4. The van der Waals surface area contributed by atoms with Crippen molar-refractivity contribution in [3.05, 3.63) is 0 Å². The summed E-state index contributed by atoms with van der Waals surface area (Å²) in [6.45, 7) is 8.25. The van der Waals surface area contributed by atoms with Gasteiger partial charge in [-0.2, -0.15) is 0 Å². The lowest BCUT2D eigenvalue weighted by Crippen LogP contribution is -2.65. The number of hydrogen-bond donors (Lipinski definition) is 9. The minimum Gasteiger partial charge on any atom is -0.394 e. The van der Waals surface area contributed by atoms with Gasteiger partial charge >= 0.3 is 8.80 Å². The molecule has 0 fully saturated rings. The van der Waals surface area contributed by atoms with Crippen molar-refractivity contribution >= 4 is 26.5 Å². The highest BCUT2D eigenvalue weighted by Gasteiger charge is 2.49. The van der Waals surface area contributed by atoms with Crippen LogP contribution in [0.5, 0.6) is 0 Å². The van der Waals surface area contributed by atoms with Crippen LogP contribution in [-0.4, -0.2) is 164 Å². The molecule has 0 aliphatic rings. The number of amides is 3. The molecule has 0 atom stereocenters. The summed E-state index contributed by atoms with van der Waals surface area (Å²) >= 11 is 0. The first kappa shape index (κ1) is 91.2. The lowest BCUT2D eigenvalue weighted by molar-refractivity contribution is -0.910. The molecular formula is C76H155N4O12Si+. The first-order valence-corrected chi connectivity index (χ1v) is 41.4. The van der Waals surface area contributed by atoms with E-state index in [0.29, 0.717) is 32.2 Å². The third-order valence-electron chi connectivity index (χ3n) is 19.5. The summed E-state index contributed by atoms with van der Waals surface area (Å²) in [5.41, 5.74) is -5.08. The monoisotopic (exact) mass is 1340 g/mol. The number of aliphatic hydroxyl groups excluding tert-OH is 6.